The maximum atomic E-state index is 11.7. The van der Waals surface area contributed by atoms with Crippen LogP contribution < -0.4 is 4.74 Å². The van der Waals surface area contributed by atoms with Gasteiger partial charge < -0.3 is 24.5 Å². The molecule has 1 N–H and O–H groups in total. The van der Waals surface area contributed by atoms with Gasteiger partial charge in [-0.2, -0.15) is 0 Å². The maximum Gasteiger partial charge on any atom is 0.414 e. The molecule has 0 aliphatic rings. The number of phenolic OH excluding ortho intramolecular Hbond substituents is 1. The van der Waals surface area contributed by atoms with E-state index in [2.05, 4.69) is 23.6 Å². The molecule has 0 unspecified atom stereocenters. The molecule has 2 rings (SSSR count). The van der Waals surface area contributed by atoms with Crippen molar-refractivity contribution in [2.45, 2.75) is 32.9 Å². The van der Waals surface area contributed by atoms with Crippen LogP contribution in [0.15, 0.2) is 48.5 Å². The molecule has 2 atom stereocenters. The van der Waals surface area contributed by atoms with E-state index in [9.17, 15) is 9.90 Å². The summed E-state index contributed by atoms with van der Waals surface area (Å²) in [6.45, 7) is 6.76. The van der Waals surface area contributed by atoms with Crippen molar-refractivity contribution in [2.24, 2.45) is 0 Å². The monoisotopic (exact) mass is 415 g/mol. The highest BCUT2D eigenvalue weighted by molar-refractivity contribution is 5.70. The van der Waals surface area contributed by atoms with Crippen LogP contribution in [0, 0.1) is 0 Å². The Labute approximate surface area is 181 Å². The van der Waals surface area contributed by atoms with Crippen LogP contribution in [0.4, 0.5) is 4.79 Å². The molecule has 0 spiro atoms. The van der Waals surface area contributed by atoms with Crippen molar-refractivity contribution in [1.29, 1.82) is 0 Å². The van der Waals surface area contributed by atoms with Crippen molar-refractivity contribution in [3.8, 4) is 11.5 Å². The number of carbonyl (C=O) groups excluding carboxylic acids is 1. The van der Waals surface area contributed by atoms with Gasteiger partial charge in [-0.05, 0) is 84.4 Å². The molecule has 1 amide bonds. The van der Waals surface area contributed by atoms with Gasteiger partial charge in [0.05, 0.1) is 0 Å². The summed E-state index contributed by atoms with van der Waals surface area (Å²) in [6, 6.07) is 15.6. The van der Waals surface area contributed by atoms with E-state index in [1.54, 1.807) is 25.2 Å². The minimum absolute atomic E-state index is 0.285. The van der Waals surface area contributed by atoms with Crippen molar-refractivity contribution in [2.75, 3.05) is 41.8 Å². The summed E-state index contributed by atoms with van der Waals surface area (Å²) in [5.41, 5.74) is 2.27. The average Bonchev–Trinajstić information content (AvgIpc) is 2.72. The first kappa shape index (κ1) is 25.5. The Bertz CT molecular complexity index is 793. The van der Waals surface area contributed by atoms with Crippen molar-refractivity contribution >= 4 is 6.09 Å². The van der Waals surface area contributed by atoms with Gasteiger partial charge in [-0.1, -0.05) is 24.3 Å². The highest BCUT2D eigenvalue weighted by Gasteiger charge is 2.12. The van der Waals surface area contributed by atoms with Crippen LogP contribution >= 0.6 is 0 Å². The Morgan fingerprint density at radius 3 is 1.87 bits per heavy atom. The summed E-state index contributed by atoms with van der Waals surface area (Å²) < 4.78 is 5.31. The fourth-order valence-electron chi connectivity index (χ4n) is 2.53. The van der Waals surface area contributed by atoms with Gasteiger partial charge in [0.25, 0.3) is 0 Å². The predicted octanol–water partition coefficient (Wildman–Crippen LogP) is 4.77. The molecule has 0 saturated heterocycles. The maximum absolute atomic E-state index is 11.7. The number of ether oxygens (including phenoxy) is 1. The Hall–Kier alpha value is -2.57. The van der Waals surface area contributed by atoms with Crippen molar-refractivity contribution in [3.63, 3.8) is 0 Å². The van der Waals surface area contributed by atoms with E-state index in [0.717, 1.165) is 11.1 Å². The molecular weight excluding hydrogens is 378 g/mol. The summed E-state index contributed by atoms with van der Waals surface area (Å²) >= 11 is 0. The van der Waals surface area contributed by atoms with Crippen LogP contribution in [-0.2, 0) is 0 Å². The lowest BCUT2D eigenvalue weighted by Gasteiger charge is -2.21. The number of nitrogens with zero attached hydrogens (tertiary/aromatic N) is 3. The molecule has 0 radical (unpaired) electrons. The van der Waals surface area contributed by atoms with E-state index in [1.165, 1.54) is 4.90 Å². The Balaban J connectivity index is 0.000000325. The lowest BCUT2D eigenvalue weighted by atomic mass is 10.1. The first-order chi connectivity index (χ1) is 14.1. The zero-order valence-electron chi connectivity index (χ0n) is 19.6. The first-order valence-electron chi connectivity index (χ1n) is 10.2. The molecule has 0 fully saturated rings. The van der Waals surface area contributed by atoms with Gasteiger partial charge in [-0.3, -0.25) is 0 Å². The molecule has 2 aromatic rings. The molecule has 2 aromatic carbocycles. The molecule has 0 bridgehead atoms. The van der Waals surface area contributed by atoms with Crippen LogP contribution in [0.5, 0.6) is 11.5 Å². The number of carbonyl (C=O) groups is 1. The average molecular weight is 416 g/mol. The highest BCUT2D eigenvalue weighted by atomic mass is 16.6. The van der Waals surface area contributed by atoms with E-state index in [0.29, 0.717) is 24.1 Å². The van der Waals surface area contributed by atoms with E-state index in [-0.39, 0.29) is 12.1 Å². The van der Waals surface area contributed by atoms with Crippen molar-refractivity contribution < 1.29 is 14.6 Å². The van der Waals surface area contributed by atoms with Gasteiger partial charge in [0.1, 0.15) is 11.5 Å². The van der Waals surface area contributed by atoms with Crippen LogP contribution in [0.2, 0.25) is 0 Å². The standard InChI is InChI=1S/C14H22N2O2.C10H15NO/c1-6-16(5)14(17)18-13-9-7-8-12(10-13)11(2)15(3)4;1-8(11(2)3)9-5-4-6-10(12)7-9/h7-11H,6H2,1-5H3;4-8,12H,1-3H3/t11-;8-/m00/s1. The lowest BCUT2D eigenvalue weighted by molar-refractivity contribution is 0.165. The largest absolute Gasteiger partial charge is 0.508 e. The van der Waals surface area contributed by atoms with Crippen LogP contribution in [0.3, 0.4) is 0 Å². The Morgan fingerprint density at radius 2 is 1.40 bits per heavy atom. The summed E-state index contributed by atoms with van der Waals surface area (Å²) in [6.07, 6.45) is -0.327. The van der Waals surface area contributed by atoms with Gasteiger partial charge in [-0.15, -0.1) is 0 Å². The molecule has 0 saturated carbocycles. The summed E-state index contributed by atoms with van der Waals surface area (Å²) in [5.74, 6) is 0.924. The van der Waals surface area contributed by atoms with E-state index < -0.39 is 0 Å². The fraction of sp³-hybridized carbons (Fsp3) is 0.458. The summed E-state index contributed by atoms with van der Waals surface area (Å²) in [4.78, 5) is 17.4. The Kier molecular flexibility index (Phi) is 10.4. The molecule has 0 aromatic heterocycles. The zero-order chi connectivity index (χ0) is 22.8. The third kappa shape index (κ3) is 8.05. The SMILES string of the molecule is CCN(C)C(=O)Oc1cccc([C@H](C)N(C)C)c1.C[C@@H](c1cccc(O)c1)N(C)C. The van der Waals surface area contributed by atoms with Gasteiger partial charge in [0.2, 0.25) is 0 Å². The fourth-order valence-corrected chi connectivity index (χ4v) is 2.53. The molecule has 6 heteroatoms. The van der Waals surface area contributed by atoms with E-state index >= 15 is 0 Å². The molecule has 166 valence electrons. The number of aromatic hydroxyl groups is 1. The van der Waals surface area contributed by atoms with Crippen molar-refractivity contribution in [1.82, 2.24) is 14.7 Å². The van der Waals surface area contributed by atoms with Crippen LogP contribution in [-0.4, -0.2) is 67.7 Å². The Morgan fingerprint density at radius 1 is 0.900 bits per heavy atom. The second-order valence-electron chi connectivity index (χ2n) is 7.83. The quantitative estimate of drug-likeness (QED) is 0.736. The lowest BCUT2D eigenvalue weighted by Crippen LogP contribution is -2.29. The molecule has 0 aliphatic heterocycles. The number of phenols is 1. The molecular formula is C24H37N3O3. The number of hydrogen-bond acceptors (Lipinski definition) is 5. The third-order valence-electron chi connectivity index (χ3n) is 5.23. The second-order valence-corrected chi connectivity index (χ2v) is 7.83. The van der Waals surface area contributed by atoms with Crippen molar-refractivity contribution in [3.05, 3.63) is 59.7 Å². The third-order valence-corrected chi connectivity index (χ3v) is 5.23. The molecule has 6 nitrogen and oxygen atoms in total. The highest BCUT2D eigenvalue weighted by Crippen LogP contribution is 2.22. The topological polar surface area (TPSA) is 56.3 Å². The van der Waals surface area contributed by atoms with Gasteiger partial charge in [0.15, 0.2) is 0 Å². The summed E-state index contributed by atoms with van der Waals surface area (Å²) in [5, 5.41) is 9.23. The minimum atomic E-state index is -0.327. The van der Waals surface area contributed by atoms with Gasteiger partial charge >= 0.3 is 6.09 Å². The smallest absolute Gasteiger partial charge is 0.414 e. The number of benzene rings is 2. The summed E-state index contributed by atoms with van der Waals surface area (Å²) in [7, 11) is 9.81. The second kappa shape index (κ2) is 12.2. The first-order valence-corrected chi connectivity index (χ1v) is 10.2. The van der Waals surface area contributed by atoms with Gasteiger partial charge in [-0.25, -0.2) is 4.79 Å². The predicted molar refractivity (Wildman–Crippen MR) is 123 cm³/mol. The number of amides is 1. The number of rotatable bonds is 6. The zero-order valence-corrected chi connectivity index (χ0v) is 19.6. The van der Waals surface area contributed by atoms with Crippen LogP contribution in [0.1, 0.15) is 44.0 Å². The van der Waals surface area contributed by atoms with E-state index in [4.69, 9.17) is 4.74 Å². The molecule has 30 heavy (non-hydrogen) atoms. The number of hydrogen-bond donors (Lipinski definition) is 1. The van der Waals surface area contributed by atoms with Gasteiger partial charge in [0, 0.05) is 25.7 Å². The molecule has 0 heterocycles. The minimum Gasteiger partial charge on any atom is -0.508 e. The van der Waals surface area contributed by atoms with Crippen LogP contribution in [0.25, 0.3) is 0 Å². The normalized spacial score (nSPS) is 12.7. The molecule has 0 aliphatic carbocycles. The van der Waals surface area contributed by atoms with E-state index in [1.807, 2.05) is 65.4 Å².